The van der Waals surface area contributed by atoms with Crippen LogP contribution in [-0.4, -0.2) is 152 Å². The number of nitrogens with two attached hydrogens (primary N) is 1. The number of nitrogens with zero attached hydrogens (tertiary/aromatic N) is 3. The highest BCUT2D eigenvalue weighted by molar-refractivity contribution is 7.79. The van der Waals surface area contributed by atoms with E-state index in [-0.39, 0.29) is 132 Å². The molecule has 0 aliphatic carbocycles. The van der Waals surface area contributed by atoms with Crippen molar-refractivity contribution in [3.8, 4) is 22.8 Å². The minimum absolute atomic E-state index is 0.0123. The Labute approximate surface area is 438 Å². The lowest BCUT2D eigenvalue weighted by Crippen LogP contribution is -2.58. The summed E-state index contributed by atoms with van der Waals surface area (Å²) in [6.45, 7) is 4.42. The number of primary amides is 1. The van der Waals surface area contributed by atoms with Crippen molar-refractivity contribution < 1.29 is 71.1 Å². The Hall–Kier alpha value is -6.70. The van der Waals surface area contributed by atoms with Gasteiger partial charge in [0, 0.05) is 75.0 Å². The molecule has 3 aromatic rings. The van der Waals surface area contributed by atoms with Gasteiger partial charge < -0.3 is 66.0 Å². The summed E-state index contributed by atoms with van der Waals surface area (Å²) in [5, 5.41) is 23.4. The summed E-state index contributed by atoms with van der Waals surface area (Å²) >= 11 is 4.47. The minimum Gasteiger partial charge on any atom is -0.493 e. The van der Waals surface area contributed by atoms with Crippen LogP contribution < -0.4 is 41.8 Å². The van der Waals surface area contributed by atoms with E-state index >= 15 is 4.39 Å². The molecule has 25 heteroatoms. The normalized spacial score (nSPS) is 16.9. The number of carbonyl (C=O) groups is 7. The van der Waals surface area contributed by atoms with Crippen LogP contribution in [0.1, 0.15) is 70.8 Å². The molecule has 1 fully saturated rings. The van der Waals surface area contributed by atoms with Crippen LogP contribution >= 0.6 is 12.6 Å². The van der Waals surface area contributed by atoms with Gasteiger partial charge in [-0.3, -0.25) is 33.6 Å². The number of carbonyl (C=O) groups excluding carboxylic acids is 6. The summed E-state index contributed by atoms with van der Waals surface area (Å²) in [5.41, 5.74) is 6.89. The molecule has 1 aromatic heterocycles. The molecular weight excluding hydrogens is 1000 g/mol. The fourth-order valence-electron chi connectivity index (χ4n) is 8.45. The maximum Gasteiger partial charge on any atom is 0.305 e. The Morgan fingerprint density at radius 2 is 1.64 bits per heavy atom. The molecule has 22 nitrogen and oxygen atoms in total. The molecule has 6 amide bonds. The summed E-state index contributed by atoms with van der Waals surface area (Å²) in [5.74, 6) is -6.73. The van der Waals surface area contributed by atoms with Gasteiger partial charge in [0.2, 0.25) is 41.4 Å². The van der Waals surface area contributed by atoms with Crippen molar-refractivity contribution in [3.05, 3.63) is 59.8 Å². The third kappa shape index (κ3) is 18.9. The minimum atomic E-state index is -1.60. The van der Waals surface area contributed by atoms with Crippen LogP contribution in [0.5, 0.6) is 11.5 Å². The van der Waals surface area contributed by atoms with Gasteiger partial charge in [-0.1, -0.05) is 13.8 Å². The lowest BCUT2D eigenvalue weighted by Gasteiger charge is -2.33. The molecule has 2 aliphatic heterocycles. The van der Waals surface area contributed by atoms with Crippen LogP contribution in [0.3, 0.4) is 0 Å². The van der Waals surface area contributed by atoms with Gasteiger partial charge in [-0.15, -0.1) is 0 Å². The van der Waals surface area contributed by atoms with E-state index in [4.69, 9.17) is 29.4 Å². The first kappa shape index (κ1) is 59.2. The van der Waals surface area contributed by atoms with Crippen LogP contribution in [0.2, 0.25) is 0 Å². The lowest BCUT2D eigenvalue weighted by molar-refractivity contribution is -0.146. The summed E-state index contributed by atoms with van der Waals surface area (Å²) in [7, 11) is 1.53. The molecule has 5 rings (SSSR count). The van der Waals surface area contributed by atoms with Crippen LogP contribution in [0.4, 0.5) is 20.4 Å². The molecule has 5 atom stereocenters. The number of fused-ring (bicyclic) bond motifs is 6. The smallest absolute Gasteiger partial charge is 0.305 e. The van der Waals surface area contributed by atoms with E-state index in [1.165, 1.54) is 18.0 Å². The number of carboxylic acids is 1. The number of benzene rings is 2. The van der Waals surface area contributed by atoms with Crippen LogP contribution in [0, 0.1) is 23.5 Å². The number of rotatable bonds is 27. The second kappa shape index (κ2) is 30.0. The summed E-state index contributed by atoms with van der Waals surface area (Å²) in [6, 6.07) is 4.72. The van der Waals surface area contributed by atoms with Crippen molar-refractivity contribution in [1.82, 2.24) is 36.1 Å². The van der Waals surface area contributed by atoms with Gasteiger partial charge in [0.1, 0.15) is 47.2 Å². The fourth-order valence-corrected chi connectivity index (χ4v) is 8.63. The highest BCUT2D eigenvalue weighted by atomic mass is 32.1. The van der Waals surface area contributed by atoms with E-state index in [0.29, 0.717) is 24.4 Å². The molecule has 1 unspecified atom stereocenters. The van der Waals surface area contributed by atoms with Gasteiger partial charge in [0.25, 0.3) is 0 Å². The number of ether oxygens (including phenoxy) is 5. The van der Waals surface area contributed by atoms with Crippen molar-refractivity contribution in [2.45, 2.75) is 95.2 Å². The molecule has 2 aromatic carbocycles. The SMILES string of the molecule is CNC(=O)CCCC(=O)NCCOCCOCCOCCC(=O)N[C@@H](CC(=O)O)C(=O)N1CCC(C[C@H]2CCOc3cc(F)ccc3-c3nc(ncc3F)Nc3cc(CS)cc(c3)O2)[C@H]1C(=O)N[C@H](C(N)=O)C(C)C. The second-order valence-corrected chi connectivity index (χ2v) is 18.4. The van der Waals surface area contributed by atoms with Crippen molar-refractivity contribution in [2.75, 3.05) is 71.7 Å². The van der Waals surface area contributed by atoms with Crippen molar-refractivity contribution in [2.24, 2.45) is 17.6 Å². The van der Waals surface area contributed by atoms with Crippen molar-refractivity contribution >= 4 is 65.7 Å². The van der Waals surface area contributed by atoms with Gasteiger partial charge in [-0.25, -0.2) is 18.7 Å². The number of hydrogen-bond donors (Lipinski definition) is 8. The molecule has 3 heterocycles. The van der Waals surface area contributed by atoms with Gasteiger partial charge >= 0.3 is 5.97 Å². The maximum absolute atomic E-state index is 15.3. The standard InChI is InChI=1S/C50H67F2N9O13S/c1-29(2)44(47(53)67)59-48(68)46-31(23-34-10-15-73-39-24-32(51)7-8-36(39)45-37(52)27-56-50(60-45)57-33-21-30(28-75)22-35(25-33)74-34)9-13-61(46)49(69)38(26-43(65)66)58-42(64)11-14-70-17-19-72-20-18-71-16-12-55-41(63)6-4-5-40(62)54-3/h7-8,21-22,24-25,27,29,31,34,38,44,46,75H,4-6,9-20,23,26,28H2,1-3H3,(H2,53,67)(H,54,62)(H,55,63)(H,58,64)(H,59,68)(H,65,66)(H,56,57,60)/t31?,34-,38+,44+,46+/m1/s1. The van der Waals surface area contributed by atoms with E-state index in [1.54, 1.807) is 32.0 Å². The third-order valence-electron chi connectivity index (χ3n) is 12.1. The molecular formula is C50H67F2N9O13S. The molecule has 0 radical (unpaired) electrons. The number of likely N-dealkylation sites (tertiary alicyclic amines) is 1. The average Bonchev–Trinajstić information content (AvgIpc) is 3.78. The van der Waals surface area contributed by atoms with Crippen LogP contribution in [0.25, 0.3) is 11.3 Å². The first-order valence-corrected chi connectivity index (χ1v) is 25.3. The van der Waals surface area contributed by atoms with Crippen LogP contribution in [-0.2, 0) is 53.5 Å². The molecule has 8 N–H and O–H groups in total. The number of hydrogen-bond acceptors (Lipinski definition) is 16. The first-order valence-electron chi connectivity index (χ1n) is 24.7. The lowest BCUT2D eigenvalue weighted by atomic mass is 9.91. The largest absolute Gasteiger partial charge is 0.493 e. The first-order chi connectivity index (χ1) is 36.0. The zero-order valence-corrected chi connectivity index (χ0v) is 43.1. The molecule has 4 bridgehead atoms. The number of amides is 6. The topological polar surface area (TPSA) is 301 Å². The zero-order chi connectivity index (χ0) is 54.4. The quantitative estimate of drug-likeness (QED) is 0.0402. The number of carboxylic acid groups (broad SMARTS) is 1. The van der Waals surface area contributed by atoms with Gasteiger partial charge in [0.15, 0.2) is 5.82 Å². The molecule has 1 saturated heterocycles. The maximum atomic E-state index is 15.3. The zero-order valence-electron chi connectivity index (χ0n) is 42.2. The predicted octanol–water partition coefficient (Wildman–Crippen LogP) is 2.79. The number of halogens is 2. The Morgan fingerprint density at radius 1 is 0.920 bits per heavy atom. The van der Waals surface area contributed by atoms with Crippen molar-refractivity contribution in [1.29, 1.82) is 0 Å². The van der Waals surface area contributed by atoms with E-state index in [1.807, 2.05) is 0 Å². The molecule has 75 heavy (non-hydrogen) atoms. The highest BCUT2D eigenvalue weighted by Crippen LogP contribution is 2.36. The Bertz CT molecular complexity index is 2460. The number of anilines is 2. The Morgan fingerprint density at radius 3 is 2.33 bits per heavy atom. The van der Waals surface area contributed by atoms with Gasteiger partial charge in [0.05, 0.1) is 58.9 Å². The molecule has 0 spiro atoms. The molecule has 410 valence electrons. The Kier molecular flexibility index (Phi) is 23.7. The van der Waals surface area contributed by atoms with E-state index < -0.39 is 83.7 Å². The summed E-state index contributed by atoms with van der Waals surface area (Å²) in [4.78, 5) is 99.6. The third-order valence-corrected chi connectivity index (χ3v) is 12.5. The van der Waals surface area contributed by atoms with E-state index in [2.05, 4.69) is 49.2 Å². The van der Waals surface area contributed by atoms with E-state index in [9.17, 15) is 43.1 Å². The number of aromatic nitrogens is 2. The number of nitrogens with one attached hydrogen (secondary N) is 5. The summed E-state index contributed by atoms with van der Waals surface area (Å²) in [6.07, 6.45) is 0.485. The summed E-state index contributed by atoms with van der Waals surface area (Å²) < 4.78 is 59.1. The van der Waals surface area contributed by atoms with Crippen LogP contribution in [0.15, 0.2) is 42.6 Å². The monoisotopic (exact) mass is 1070 g/mol. The fraction of sp³-hybridized carbons (Fsp3) is 0.540. The predicted molar refractivity (Wildman–Crippen MR) is 271 cm³/mol. The Balaban J connectivity index is 1.24. The number of aliphatic carboxylic acids is 1. The van der Waals surface area contributed by atoms with Gasteiger partial charge in [-0.2, -0.15) is 12.6 Å². The van der Waals surface area contributed by atoms with Crippen molar-refractivity contribution in [3.63, 3.8) is 0 Å². The molecule has 0 saturated carbocycles. The average molecular weight is 1070 g/mol. The second-order valence-electron chi connectivity index (χ2n) is 18.1. The van der Waals surface area contributed by atoms with Gasteiger partial charge in [-0.05, 0) is 60.9 Å². The van der Waals surface area contributed by atoms with E-state index in [0.717, 1.165) is 23.9 Å². The number of thiol groups is 1. The molecule has 2 aliphatic rings. The highest BCUT2D eigenvalue weighted by Gasteiger charge is 2.46.